The van der Waals surface area contributed by atoms with Gasteiger partial charge in [0, 0.05) is 12.3 Å². The Labute approximate surface area is 105 Å². The molecule has 0 aliphatic rings. The number of amides is 1. The Bertz CT molecular complexity index is 561. The van der Waals surface area contributed by atoms with E-state index in [0.29, 0.717) is 11.4 Å². The maximum atomic E-state index is 11.2. The highest BCUT2D eigenvalue weighted by Gasteiger charge is 2.08. The Morgan fingerprint density at radius 3 is 2.67 bits per heavy atom. The number of aliphatic hydroxyl groups excluding tert-OH is 1. The summed E-state index contributed by atoms with van der Waals surface area (Å²) >= 11 is 0. The average molecular weight is 245 g/mol. The van der Waals surface area contributed by atoms with Gasteiger partial charge in [-0.2, -0.15) is 0 Å². The van der Waals surface area contributed by atoms with Crippen LogP contribution >= 0.6 is 0 Å². The molecule has 0 fully saturated rings. The number of nitrogens with one attached hydrogen (secondary N) is 1. The Morgan fingerprint density at radius 1 is 1.28 bits per heavy atom. The number of rotatable bonds is 4. The van der Waals surface area contributed by atoms with Crippen molar-refractivity contribution in [3.8, 4) is 5.75 Å². The molecule has 94 valence electrons. The van der Waals surface area contributed by atoms with E-state index in [4.69, 9.17) is 9.84 Å². The van der Waals surface area contributed by atoms with Gasteiger partial charge in [-0.1, -0.05) is 24.3 Å². The molecule has 2 aromatic carbocycles. The number of anilines is 1. The number of aliphatic hydroxyl groups is 1. The van der Waals surface area contributed by atoms with Crippen LogP contribution in [0, 0.1) is 0 Å². The largest absolute Gasteiger partial charge is 0.490 e. The summed E-state index contributed by atoms with van der Waals surface area (Å²) in [6.07, 6.45) is 0. The van der Waals surface area contributed by atoms with Crippen LogP contribution in [-0.4, -0.2) is 24.2 Å². The van der Waals surface area contributed by atoms with Crippen molar-refractivity contribution in [1.82, 2.24) is 0 Å². The van der Waals surface area contributed by atoms with E-state index in [1.165, 1.54) is 6.92 Å². The van der Waals surface area contributed by atoms with Crippen LogP contribution in [0.1, 0.15) is 6.92 Å². The summed E-state index contributed by atoms with van der Waals surface area (Å²) in [5, 5.41) is 13.4. The molecule has 2 N–H and O–H groups in total. The Hall–Kier alpha value is -2.07. The predicted molar refractivity (Wildman–Crippen MR) is 70.8 cm³/mol. The van der Waals surface area contributed by atoms with Crippen LogP contribution in [0.25, 0.3) is 10.8 Å². The summed E-state index contributed by atoms with van der Waals surface area (Å²) in [7, 11) is 0. The zero-order chi connectivity index (χ0) is 13.0. The van der Waals surface area contributed by atoms with E-state index < -0.39 is 0 Å². The highest BCUT2D eigenvalue weighted by Crippen LogP contribution is 2.32. The quantitative estimate of drug-likeness (QED) is 0.867. The molecular formula is C14H15NO3. The number of benzene rings is 2. The molecule has 0 radical (unpaired) electrons. The van der Waals surface area contributed by atoms with Crippen LogP contribution in [0.15, 0.2) is 36.4 Å². The molecule has 2 rings (SSSR count). The molecule has 2 aromatic rings. The van der Waals surface area contributed by atoms with Crippen molar-refractivity contribution in [3.63, 3.8) is 0 Å². The minimum Gasteiger partial charge on any atom is -0.490 e. The third-order valence-corrected chi connectivity index (χ3v) is 2.53. The van der Waals surface area contributed by atoms with E-state index >= 15 is 0 Å². The highest BCUT2D eigenvalue weighted by molar-refractivity contribution is 6.04. The van der Waals surface area contributed by atoms with E-state index in [2.05, 4.69) is 5.32 Å². The first-order valence-electron chi connectivity index (χ1n) is 5.75. The smallest absolute Gasteiger partial charge is 0.221 e. The fourth-order valence-electron chi connectivity index (χ4n) is 1.88. The van der Waals surface area contributed by atoms with Gasteiger partial charge in [0.1, 0.15) is 12.4 Å². The van der Waals surface area contributed by atoms with Crippen LogP contribution < -0.4 is 10.1 Å². The van der Waals surface area contributed by atoms with E-state index in [-0.39, 0.29) is 19.1 Å². The number of carbonyl (C=O) groups excluding carboxylic acids is 1. The molecule has 4 heteroatoms. The molecule has 0 unspecified atom stereocenters. The summed E-state index contributed by atoms with van der Waals surface area (Å²) in [6.45, 7) is 1.65. The highest BCUT2D eigenvalue weighted by atomic mass is 16.5. The molecule has 4 nitrogen and oxygen atoms in total. The first-order valence-corrected chi connectivity index (χ1v) is 5.75. The maximum absolute atomic E-state index is 11.2. The Kier molecular flexibility index (Phi) is 3.79. The van der Waals surface area contributed by atoms with Crippen molar-refractivity contribution in [2.45, 2.75) is 6.92 Å². The molecule has 0 aliphatic heterocycles. The molecule has 0 atom stereocenters. The topological polar surface area (TPSA) is 58.6 Å². The predicted octanol–water partition coefficient (Wildman–Crippen LogP) is 2.17. The Balaban J connectivity index is 2.52. The van der Waals surface area contributed by atoms with Gasteiger partial charge in [0.15, 0.2) is 0 Å². The second-order valence-corrected chi connectivity index (χ2v) is 3.91. The van der Waals surface area contributed by atoms with Crippen molar-refractivity contribution < 1.29 is 14.6 Å². The second kappa shape index (κ2) is 5.51. The van der Waals surface area contributed by atoms with Crippen LogP contribution in [0.5, 0.6) is 5.75 Å². The van der Waals surface area contributed by atoms with Gasteiger partial charge in [-0.25, -0.2) is 0 Å². The molecule has 0 bridgehead atoms. The Morgan fingerprint density at radius 2 is 2.00 bits per heavy atom. The van der Waals surface area contributed by atoms with Crippen molar-refractivity contribution in [2.75, 3.05) is 18.5 Å². The molecule has 0 heterocycles. The third-order valence-electron chi connectivity index (χ3n) is 2.53. The lowest BCUT2D eigenvalue weighted by Crippen LogP contribution is -2.07. The van der Waals surface area contributed by atoms with Crippen molar-refractivity contribution in [3.05, 3.63) is 36.4 Å². The minimum atomic E-state index is -0.125. The average Bonchev–Trinajstić information content (AvgIpc) is 2.35. The van der Waals surface area contributed by atoms with E-state index in [0.717, 1.165) is 10.8 Å². The van der Waals surface area contributed by atoms with Crippen molar-refractivity contribution in [2.24, 2.45) is 0 Å². The molecule has 0 saturated heterocycles. The van der Waals surface area contributed by atoms with Gasteiger partial charge in [-0.3, -0.25) is 4.79 Å². The molecular weight excluding hydrogens is 230 g/mol. The number of carbonyl (C=O) groups is 1. The molecule has 18 heavy (non-hydrogen) atoms. The van der Waals surface area contributed by atoms with Gasteiger partial charge >= 0.3 is 0 Å². The van der Waals surface area contributed by atoms with Gasteiger partial charge in [0.05, 0.1) is 12.3 Å². The summed E-state index contributed by atoms with van der Waals surface area (Å²) in [6, 6.07) is 11.3. The number of fused-ring (bicyclic) bond motifs is 1. The van der Waals surface area contributed by atoms with Crippen LogP contribution in [-0.2, 0) is 4.79 Å². The molecule has 1 amide bonds. The maximum Gasteiger partial charge on any atom is 0.221 e. The van der Waals surface area contributed by atoms with Crippen molar-refractivity contribution in [1.29, 1.82) is 0 Å². The van der Waals surface area contributed by atoms with E-state index in [1.54, 1.807) is 0 Å². The van der Waals surface area contributed by atoms with Gasteiger partial charge in [-0.15, -0.1) is 0 Å². The minimum absolute atomic E-state index is 0.0430. The molecule has 0 aliphatic carbocycles. The SMILES string of the molecule is CC(=O)Nc1cccc2cccc(OCCO)c12. The summed E-state index contributed by atoms with van der Waals surface area (Å²) in [5.74, 6) is 0.533. The second-order valence-electron chi connectivity index (χ2n) is 3.91. The van der Waals surface area contributed by atoms with Crippen LogP contribution in [0.2, 0.25) is 0 Å². The first kappa shape index (κ1) is 12.4. The lowest BCUT2D eigenvalue weighted by molar-refractivity contribution is -0.114. The van der Waals surface area contributed by atoms with Gasteiger partial charge < -0.3 is 15.2 Å². The molecule has 0 saturated carbocycles. The number of hydrogen-bond acceptors (Lipinski definition) is 3. The summed E-state index contributed by atoms with van der Waals surface area (Å²) < 4.78 is 5.49. The van der Waals surface area contributed by atoms with E-state index in [9.17, 15) is 4.79 Å². The first-order chi connectivity index (χ1) is 8.72. The van der Waals surface area contributed by atoms with Crippen LogP contribution in [0.4, 0.5) is 5.69 Å². The lowest BCUT2D eigenvalue weighted by atomic mass is 10.1. The number of hydrogen-bond donors (Lipinski definition) is 2. The van der Waals surface area contributed by atoms with Crippen LogP contribution in [0.3, 0.4) is 0 Å². The number of ether oxygens (including phenoxy) is 1. The summed E-state index contributed by atoms with van der Waals surface area (Å²) in [4.78, 5) is 11.2. The molecule has 0 aromatic heterocycles. The van der Waals surface area contributed by atoms with Gasteiger partial charge in [-0.05, 0) is 17.5 Å². The van der Waals surface area contributed by atoms with Crippen molar-refractivity contribution >= 4 is 22.4 Å². The monoisotopic (exact) mass is 245 g/mol. The fourth-order valence-corrected chi connectivity index (χ4v) is 1.88. The summed E-state index contributed by atoms with van der Waals surface area (Å²) in [5.41, 5.74) is 0.716. The lowest BCUT2D eigenvalue weighted by Gasteiger charge is -2.12. The zero-order valence-electron chi connectivity index (χ0n) is 10.1. The molecule has 0 spiro atoms. The van der Waals surface area contributed by atoms with Gasteiger partial charge in [0.2, 0.25) is 5.91 Å². The van der Waals surface area contributed by atoms with E-state index in [1.807, 2.05) is 36.4 Å². The third kappa shape index (κ3) is 2.60. The normalized spacial score (nSPS) is 10.3. The zero-order valence-corrected chi connectivity index (χ0v) is 10.1. The fraction of sp³-hybridized carbons (Fsp3) is 0.214. The van der Waals surface area contributed by atoms with Gasteiger partial charge in [0.25, 0.3) is 0 Å². The standard InChI is InChI=1S/C14H15NO3/c1-10(17)15-12-6-2-4-11-5-3-7-13(14(11)12)18-9-8-16/h2-7,16H,8-9H2,1H3,(H,15,17).